The van der Waals surface area contributed by atoms with Crippen LogP contribution in [0.2, 0.25) is 0 Å². The molecule has 0 saturated carbocycles. The first-order valence-corrected chi connectivity index (χ1v) is 7.19. The van der Waals surface area contributed by atoms with E-state index in [9.17, 15) is 4.79 Å². The number of methoxy groups -OCH3 is 1. The number of benzene rings is 1. The largest absolute Gasteiger partial charge is 0.481 e. The molecule has 0 aliphatic carbocycles. The average Bonchev–Trinajstić information content (AvgIpc) is 2.58. The van der Waals surface area contributed by atoms with Gasteiger partial charge in [-0.3, -0.25) is 4.79 Å². The Hall–Kier alpha value is -2.40. The van der Waals surface area contributed by atoms with Crippen molar-refractivity contribution in [2.24, 2.45) is 0 Å². The molecule has 5 heteroatoms. The van der Waals surface area contributed by atoms with Gasteiger partial charge in [-0.2, -0.15) is 0 Å². The van der Waals surface area contributed by atoms with Crippen molar-refractivity contribution >= 4 is 5.91 Å². The Balaban J connectivity index is 1.60. The van der Waals surface area contributed by atoms with E-state index in [0.29, 0.717) is 31.2 Å². The van der Waals surface area contributed by atoms with Gasteiger partial charge in [0.1, 0.15) is 0 Å². The lowest BCUT2D eigenvalue weighted by atomic mass is 10.2. The summed E-state index contributed by atoms with van der Waals surface area (Å²) < 4.78 is 10.5. The molecule has 0 bridgehead atoms. The second-order valence-electron chi connectivity index (χ2n) is 4.74. The zero-order valence-electron chi connectivity index (χ0n) is 12.6. The fourth-order valence-corrected chi connectivity index (χ4v) is 1.88. The highest BCUT2D eigenvalue weighted by atomic mass is 16.5. The van der Waals surface area contributed by atoms with E-state index in [-0.39, 0.29) is 5.91 Å². The number of nitrogens with zero attached hydrogens (tertiary/aromatic N) is 1. The minimum Gasteiger partial charge on any atom is -0.481 e. The Morgan fingerprint density at radius 3 is 2.68 bits per heavy atom. The number of hydrogen-bond acceptors (Lipinski definition) is 4. The van der Waals surface area contributed by atoms with Crippen molar-refractivity contribution in [1.29, 1.82) is 0 Å². The van der Waals surface area contributed by atoms with Gasteiger partial charge in [0.25, 0.3) is 5.91 Å². The zero-order valence-corrected chi connectivity index (χ0v) is 12.6. The second-order valence-corrected chi connectivity index (χ2v) is 4.74. The van der Waals surface area contributed by atoms with Gasteiger partial charge in [-0.25, -0.2) is 4.98 Å². The molecule has 0 aliphatic heterocycles. The highest BCUT2D eigenvalue weighted by Crippen LogP contribution is 2.06. The van der Waals surface area contributed by atoms with Crippen molar-refractivity contribution in [3.63, 3.8) is 0 Å². The number of carbonyl (C=O) groups excluding carboxylic acids is 1. The fourth-order valence-electron chi connectivity index (χ4n) is 1.88. The van der Waals surface area contributed by atoms with Crippen LogP contribution in [0.3, 0.4) is 0 Å². The van der Waals surface area contributed by atoms with Crippen LogP contribution in [-0.2, 0) is 11.3 Å². The summed E-state index contributed by atoms with van der Waals surface area (Å²) in [5, 5.41) is 2.84. The van der Waals surface area contributed by atoms with Gasteiger partial charge in [0.05, 0.1) is 19.3 Å². The molecule has 0 unspecified atom stereocenters. The van der Waals surface area contributed by atoms with Gasteiger partial charge in [0, 0.05) is 25.4 Å². The molecule has 1 amide bonds. The molecule has 1 aromatic carbocycles. The van der Waals surface area contributed by atoms with Gasteiger partial charge in [0.2, 0.25) is 5.88 Å². The lowest BCUT2D eigenvalue weighted by Gasteiger charge is -2.07. The number of aromatic nitrogens is 1. The number of rotatable bonds is 8. The molecular formula is C17H20N2O3. The maximum atomic E-state index is 11.9. The van der Waals surface area contributed by atoms with Crippen LogP contribution < -0.4 is 10.1 Å². The smallest absolute Gasteiger partial charge is 0.252 e. The first-order valence-electron chi connectivity index (χ1n) is 7.19. The van der Waals surface area contributed by atoms with E-state index in [1.54, 1.807) is 12.1 Å². The molecule has 5 nitrogen and oxygen atoms in total. The van der Waals surface area contributed by atoms with Crippen LogP contribution in [0.4, 0.5) is 0 Å². The number of ether oxygens (including phenoxy) is 2. The lowest BCUT2D eigenvalue weighted by Crippen LogP contribution is -2.25. The number of nitrogens with one attached hydrogen (secondary N) is 1. The van der Waals surface area contributed by atoms with Gasteiger partial charge < -0.3 is 14.8 Å². The summed E-state index contributed by atoms with van der Waals surface area (Å²) in [5.74, 6) is 0.351. The van der Waals surface area contributed by atoms with Crippen molar-refractivity contribution < 1.29 is 14.3 Å². The van der Waals surface area contributed by atoms with E-state index in [2.05, 4.69) is 10.3 Å². The van der Waals surface area contributed by atoms with Gasteiger partial charge in [0.15, 0.2) is 0 Å². The van der Waals surface area contributed by atoms with Crippen LogP contribution in [0.25, 0.3) is 0 Å². The molecule has 2 rings (SSSR count). The summed E-state index contributed by atoms with van der Waals surface area (Å²) in [5.41, 5.74) is 1.67. The van der Waals surface area contributed by atoms with E-state index in [4.69, 9.17) is 9.47 Å². The lowest BCUT2D eigenvalue weighted by molar-refractivity contribution is 0.0934. The summed E-state index contributed by atoms with van der Waals surface area (Å²) in [6, 6.07) is 13.4. The first-order chi connectivity index (χ1) is 10.8. The van der Waals surface area contributed by atoms with Crippen molar-refractivity contribution in [3.8, 4) is 5.88 Å². The quantitative estimate of drug-likeness (QED) is 0.761. The Morgan fingerprint density at radius 1 is 1.18 bits per heavy atom. The second kappa shape index (κ2) is 8.79. The molecule has 0 atom stereocenters. The van der Waals surface area contributed by atoms with Gasteiger partial charge in [-0.05, 0) is 18.1 Å². The highest BCUT2D eigenvalue weighted by molar-refractivity contribution is 5.93. The van der Waals surface area contributed by atoms with Crippen molar-refractivity contribution in [3.05, 3.63) is 59.8 Å². The van der Waals surface area contributed by atoms with E-state index >= 15 is 0 Å². The Bertz CT molecular complexity index is 570. The third-order valence-corrected chi connectivity index (χ3v) is 3.07. The minimum absolute atomic E-state index is 0.141. The molecule has 0 spiro atoms. The molecule has 0 aliphatic rings. The fraction of sp³-hybridized carbons (Fsp3) is 0.294. The molecule has 1 aromatic heterocycles. The van der Waals surface area contributed by atoms with E-state index < -0.39 is 0 Å². The molecule has 0 fully saturated rings. The third kappa shape index (κ3) is 5.18. The number of carbonyl (C=O) groups is 1. The Kier molecular flexibility index (Phi) is 6.39. The molecule has 0 saturated heterocycles. The highest BCUT2D eigenvalue weighted by Gasteiger charge is 2.05. The third-order valence-electron chi connectivity index (χ3n) is 3.07. The molecule has 1 heterocycles. The molecule has 0 radical (unpaired) electrons. The summed E-state index contributed by atoms with van der Waals surface area (Å²) in [6.45, 7) is 1.77. The average molecular weight is 300 g/mol. The normalized spacial score (nSPS) is 10.2. The molecule has 1 N–H and O–H groups in total. The van der Waals surface area contributed by atoms with E-state index in [1.807, 2.05) is 30.3 Å². The predicted octanol–water partition coefficient (Wildman–Crippen LogP) is 2.43. The predicted molar refractivity (Wildman–Crippen MR) is 83.8 cm³/mol. The van der Waals surface area contributed by atoms with Crippen molar-refractivity contribution in [2.45, 2.75) is 13.0 Å². The number of hydrogen-bond donors (Lipinski definition) is 1. The maximum absolute atomic E-state index is 11.9. The van der Waals surface area contributed by atoms with Crippen LogP contribution in [0.5, 0.6) is 5.88 Å². The summed E-state index contributed by atoms with van der Waals surface area (Å²) in [6.07, 6.45) is 2.27. The molecule has 116 valence electrons. The van der Waals surface area contributed by atoms with Gasteiger partial charge >= 0.3 is 0 Å². The topological polar surface area (TPSA) is 60.5 Å². The molecule has 22 heavy (non-hydrogen) atoms. The summed E-state index contributed by atoms with van der Waals surface area (Å²) in [4.78, 5) is 15.9. The van der Waals surface area contributed by atoms with Gasteiger partial charge in [-0.1, -0.05) is 30.3 Å². The summed E-state index contributed by atoms with van der Waals surface area (Å²) in [7, 11) is 1.54. The van der Waals surface area contributed by atoms with E-state index in [0.717, 1.165) is 12.0 Å². The van der Waals surface area contributed by atoms with Crippen LogP contribution in [0, 0.1) is 0 Å². The Morgan fingerprint density at radius 2 is 2.00 bits per heavy atom. The van der Waals surface area contributed by atoms with Crippen LogP contribution in [0.1, 0.15) is 22.3 Å². The number of amides is 1. The monoisotopic (exact) mass is 300 g/mol. The van der Waals surface area contributed by atoms with Crippen LogP contribution in [0.15, 0.2) is 48.7 Å². The van der Waals surface area contributed by atoms with Crippen LogP contribution in [-0.4, -0.2) is 31.2 Å². The minimum atomic E-state index is -0.141. The van der Waals surface area contributed by atoms with Crippen molar-refractivity contribution in [2.75, 3.05) is 20.3 Å². The van der Waals surface area contributed by atoms with E-state index in [1.165, 1.54) is 13.3 Å². The van der Waals surface area contributed by atoms with Crippen LogP contribution >= 0.6 is 0 Å². The number of pyridine rings is 1. The van der Waals surface area contributed by atoms with Gasteiger partial charge in [-0.15, -0.1) is 0 Å². The maximum Gasteiger partial charge on any atom is 0.252 e. The first kappa shape index (κ1) is 16.0. The zero-order chi connectivity index (χ0) is 15.6. The molecular weight excluding hydrogens is 280 g/mol. The summed E-state index contributed by atoms with van der Waals surface area (Å²) >= 11 is 0. The molecule has 2 aromatic rings. The van der Waals surface area contributed by atoms with Crippen molar-refractivity contribution in [1.82, 2.24) is 10.3 Å². The SMILES string of the molecule is COc1ccc(C(=O)NCCCOCc2ccccc2)cn1. The standard InChI is InChI=1S/C17H20N2O3/c1-21-16-9-8-15(12-19-16)17(20)18-10-5-11-22-13-14-6-3-2-4-7-14/h2-4,6-9,12H,5,10-11,13H2,1H3,(H,18,20). The Labute approximate surface area is 130 Å².